The van der Waals surface area contributed by atoms with Gasteiger partial charge in [0.15, 0.2) is 0 Å². The Balaban J connectivity index is 1.78. The van der Waals surface area contributed by atoms with Crippen LogP contribution in [0.25, 0.3) is 0 Å². The van der Waals surface area contributed by atoms with E-state index >= 15 is 0 Å². The van der Waals surface area contributed by atoms with Crippen LogP contribution in [-0.2, 0) is 9.59 Å². The lowest BCUT2D eigenvalue weighted by molar-refractivity contribution is -0.120. The second-order valence-electron chi connectivity index (χ2n) is 6.55. The number of imide groups is 1. The molecule has 1 aliphatic rings. The maximum absolute atomic E-state index is 13.4. The number of anilines is 2. The van der Waals surface area contributed by atoms with Gasteiger partial charge >= 0.3 is 0 Å². The van der Waals surface area contributed by atoms with E-state index < -0.39 is 0 Å². The number of halogens is 2. The fourth-order valence-corrected chi connectivity index (χ4v) is 4.37. The third-order valence-corrected chi connectivity index (χ3v) is 6.20. The molecule has 3 aromatic rings. The lowest BCUT2D eigenvalue weighted by atomic mass is 10.2. The first-order valence-corrected chi connectivity index (χ1v) is 10.6. The quantitative estimate of drug-likeness (QED) is 0.442. The second kappa shape index (κ2) is 8.56. The Kier molecular flexibility index (Phi) is 5.86. The summed E-state index contributed by atoms with van der Waals surface area (Å²) in [4.78, 5) is 30.9. The largest absolute Gasteiger partial charge is 0.339 e. The van der Waals surface area contributed by atoms with Gasteiger partial charge in [0, 0.05) is 27.7 Å². The Morgan fingerprint density at radius 1 is 0.767 bits per heavy atom. The third-order valence-electron chi connectivity index (χ3n) is 4.62. The molecule has 0 spiro atoms. The number of hydrogen-bond acceptors (Lipinski definition) is 4. The first-order chi connectivity index (χ1) is 14.5. The molecule has 0 bridgehead atoms. The lowest BCUT2D eigenvalue weighted by Crippen LogP contribution is -2.34. The zero-order valence-corrected chi connectivity index (χ0v) is 18.2. The van der Waals surface area contributed by atoms with Gasteiger partial charge in [-0.25, -0.2) is 4.90 Å². The van der Waals surface area contributed by atoms with E-state index in [1.807, 2.05) is 42.5 Å². The van der Waals surface area contributed by atoms with Gasteiger partial charge in [-0.1, -0.05) is 53.2 Å². The van der Waals surface area contributed by atoms with Crippen LogP contribution in [-0.4, -0.2) is 18.9 Å². The van der Waals surface area contributed by atoms with E-state index in [9.17, 15) is 9.59 Å². The minimum atomic E-state index is -0.384. The Labute approximate surface area is 188 Å². The molecule has 4 rings (SSSR count). The molecule has 2 amide bonds. The topological polar surface area (TPSA) is 40.6 Å². The minimum Gasteiger partial charge on any atom is -0.339 e. The Hall–Kier alpha value is -2.73. The highest BCUT2D eigenvalue weighted by molar-refractivity contribution is 8.04. The first kappa shape index (κ1) is 20.5. The van der Waals surface area contributed by atoms with Crippen LogP contribution in [0.15, 0.2) is 94.4 Å². The molecule has 4 nitrogen and oxygen atoms in total. The van der Waals surface area contributed by atoms with Crippen LogP contribution in [0.1, 0.15) is 0 Å². The number of nitrogens with zero attached hydrogens (tertiary/aromatic N) is 2. The highest BCUT2D eigenvalue weighted by Crippen LogP contribution is 2.39. The predicted molar refractivity (Wildman–Crippen MR) is 123 cm³/mol. The zero-order valence-electron chi connectivity index (χ0n) is 15.9. The molecule has 0 saturated carbocycles. The van der Waals surface area contributed by atoms with Gasteiger partial charge in [0.1, 0.15) is 10.6 Å². The molecule has 0 N–H and O–H groups in total. The summed E-state index contributed by atoms with van der Waals surface area (Å²) < 4.78 is 0. The molecular formula is C23H16Cl2N2O2S. The SMILES string of the molecule is CN(C1=C(Sc2ccc(Cl)cc2)C(=O)N(c2ccc(Cl)cc2)C1=O)c1ccccc1. The summed E-state index contributed by atoms with van der Waals surface area (Å²) in [6.45, 7) is 0. The smallest absolute Gasteiger partial charge is 0.283 e. The summed E-state index contributed by atoms with van der Waals surface area (Å²) in [5.41, 5.74) is 1.60. The molecule has 0 unspecified atom stereocenters. The van der Waals surface area contributed by atoms with Crippen LogP contribution in [0.4, 0.5) is 11.4 Å². The normalized spacial score (nSPS) is 13.9. The van der Waals surface area contributed by atoms with Gasteiger partial charge in [-0.2, -0.15) is 0 Å². The van der Waals surface area contributed by atoms with E-state index in [1.165, 1.54) is 16.7 Å². The molecule has 1 heterocycles. The third kappa shape index (κ3) is 3.97. The molecule has 0 aromatic heterocycles. The minimum absolute atomic E-state index is 0.320. The van der Waals surface area contributed by atoms with Gasteiger partial charge in [0.2, 0.25) is 0 Å². The van der Waals surface area contributed by atoms with E-state index in [1.54, 1.807) is 48.3 Å². The van der Waals surface area contributed by atoms with Crippen molar-refractivity contribution >= 4 is 58.2 Å². The van der Waals surface area contributed by atoms with Crippen molar-refractivity contribution < 1.29 is 9.59 Å². The molecule has 0 aliphatic carbocycles. The first-order valence-electron chi connectivity index (χ1n) is 9.06. The molecule has 7 heteroatoms. The van der Waals surface area contributed by atoms with Crippen LogP contribution < -0.4 is 9.80 Å². The Morgan fingerprint density at radius 3 is 1.93 bits per heavy atom. The zero-order chi connectivity index (χ0) is 21.3. The summed E-state index contributed by atoms with van der Waals surface area (Å²) >= 11 is 13.2. The molecule has 0 fully saturated rings. The van der Waals surface area contributed by atoms with Crippen molar-refractivity contribution in [3.63, 3.8) is 0 Å². The van der Waals surface area contributed by atoms with Crippen LogP contribution in [0.5, 0.6) is 0 Å². The summed E-state index contributed by atoms with van der Waals surface area (Å²) in [7, 11) is 1.78. The van der Waals surface area contributed by atoms with E-state index in [2.05, 4.69) is 0 Å². The number of carbonyl (C=O) groups is 2. The molecule has 30 heavy (non-hydrogen) atoms. The van der Waals surface area contributed by atoms with Gasteiger partial charge in [0.05, 0.1) is 5.69 Å². The predicted octanol–water partition coefficient (Wildman–Crippen LogP) is 6.01. The number of benzene rings is 3. The van der Waals surface area contributed by atoms with Crippen molar-refractivity contribution in [3.05, 3.63) is 99.5 Å². The summed E-state index contributed by atoms with van der Waals surface area (Å²) in [6, 6.07) is 23.2. The summed E-state index contributed by atoms with van der Waals surface area (Å²) in [6.07, 6.45) is 0. The number of likely N-dealkylation sites (N-methyl/N-ethyl adjacent to an activating group) is 1. The molecule has 1 aliphatic heterocycles. The van der Waals surface area contributed by atoms with Crippen molar-refractivity contribution in [2.75, 3.05) is 16.8 Å². The van der Waals surface area contributed by atoms with Crippen molar-refractivity contribution in [2.45, 2.75) is 4.90 Å². The van der Waals surface area contributed by atoms with Crippen molar-refractivity contribution in [1.29, 1.82) is 0 Å². The van der Waals surface area contributed by atoms with E-state index in [-0.39, 0.29) is 11.8 Å². The molecular weight excluding hydrogens is 439 g/mol. The standard InChI is InChI=1S/C23H16Cl2N2O2S/c1-26(17-5-3-2-4-6-17)20-21(30-19-13-9-16(25)10-14-19)23(29)27(22(20)28)18-11-7-15(24)8-12-18/h2-14H,1H3. The van der Waals surface area contributed by atoms with E-state index in [4.69, 9.17) is 23.2 Å². The Morgan fingerprint density at radius 2 is 1.33 bits per heavy atom. The maximum Gasteiger partial charge on any atom is 0.283 e. The van der Waals surface area contributed by atoms with E-state index in [0.717, 1.165) is 10.6 Å². The second-order valence-corrected chi connectivity index (χ2v) is 8.51. The average Bonchev–Trinajstić information content (AvgIpc) is 3.00. The number of rotatable bonds is 5. The van der Waals surface area contributed by atoms with Gasteiger partial charge in [-0.15, -0.1) is 0 Å². The van der Waals surface area contributed by atoms with Crippen LogP contribution >= 0.6 is 35.0 Å². The highest BCUT2D eigenvalue weighted by atomic mass is 35.5. The molecule has 0 saturated heterocycles. The van der Waals surface area contributed by atoms with Crippen LogP contribution in [0.2, 0.25) is 10.0 Å². The van der Waals surface area contributed by atoms with Crippen molar-refractivity contribution in [1.82, 2.24) is 0 Å². The van der Waals surface area contributed by atoms with Crippen molar-refractivity contribution in [2.24, 2.45) is 0 Å². The van der Waals surface area contributed by atoms with Crippen LogP contribution in [0, 0.1) is 0 Å². The summed E-state index contributed by atoms with van der Waals surface area (Å²) in [5.74, 6) is -0.759. The Bertz CT molecular complexity index is 1130. The average molecular weight is 455 g/mol. The fourth-order valence-electron chi connectivity index (χ4n) is 3.11. The number of para-hydroxylation sites is 1. The number of carbonyl (C=O) groups excluding carboxylic acids is 2. The van der Waals surface area contributed by atoms with Gasteiger partial charge in [-0.05, 0) is 60.7 Å². The number of amides is 2. The highest BCUT2D eigenvalue weighted by Gasteiger charge is 2.42. The number of hydrogen-bond donors (Lipinski definition) is 0. The molecule has 3 aromatic carbocycles. The lowest BCUT2D eigenvalue weighted by Gasteiger charge is -2.21. The van der Waals surface area contributed by atoms with Gasteiger partial charge in [-0.3, -0.25) is 9.59 Å². The number of thioether (sulfide) groups is 1. The van der Waals surface area contributed by atoms with E-state index in [0.29, 0.717) is 26.3 Å². The summed E-state index contributed by atoms with van der Waals surface area (Å²) in [5, 5.41) is 1.13. The molecule has 0 atom stereocenters. The van der Waals surface area contributed by atoms with Crippen molar-refractivity contribution in [3.8, 4) is 0 Å². The van der Waals surface area contributed by atoms with Gasteiger partial charge < -0.3 is 4.90 Å². The monoisotopic (exact) mass is 454 g/mol. The maximum atomic E-state index is 13.4. The molecule has 0 radical (unpaired) electrons. The van der Waals surface area contributed by atoms with Crippen LogP contribution in [0.3, 0.4) is 0 Å². The molecule has 150 valence electrons. The fraction of sp³-hybridized carbons (Fsp3) is 0.0435. The van der Waals surface area contributed by atoms with Gasteiger partial charge in [0.25, 0.3) is 11.8 Å².